The van der Waals surface area contributed by atoms with Gasteiger partial charge in [0.05, 0.1) is 5.92 Å². The summed E-state index contributed by atoms with van der Waals surface area (Å²) in [5.74, 6) is 0.947. The summed E-state index contributed by atoms with van der Waals surface area (Å²) in [6, 6.07) is 0. The van der Waals surface area contributed by atoms with Gasteiger partial charge in [0, 0.05) is 5.75 Å². The molecule has 3 N–H and O–H groups in total. The number of thioether (sulfide) groups is 1. The summed E-state index contributed by atoms with van der Waals surface area (Å²) < 4.78 is 0. The van der Waals surface area contributed by atoms with Gasteiger partial charge in [-0.05, 0) is 18.2 Å². The van der Waals surface area contributed by atoms with Crippen molar-refractivity contribution in [3.63, 3.8) is 0 Å². The molecule has 0 aromatic carbocycles. The van der Waals surface area contributed by atoms with Gasteiger partial charge in [-0.25, -0.2) is 0 Å². The van der Waals surface area contributed by atoms with Crippen molar-refractivity contribution < 1.29 is 9.90 Å². The zero-order valence-electron chi connectivity index (χ0n) is 5.62. The number of rotatable bonds is 2. The smallest absolute Gasteiger partial charge is 0.307 e. The highest BCUT2D eigenvalue weighted by molar-refractivity contribution is 7.99. The molecule has 4 heteroatoms. The molecule has 0 bridgehead atoms. The van der Waals surface area contributed by atoms with E-state index in [-0.39, 0.29) is 11.8 Å². The number of carbonyl (C=O) groups is 1. The molecule has 1 heterocycles. The first-order valence-corrected chi connectivity index (χ1v) is 4.41. The zero-order chi connectivity index (χ0) is 7.56. The lowest BCUT2D eigenvalue weighted by atomic mass is 9.97. The van der Waals surface area contributed by atoms with Crippen LogP contribution in [0.5, 0.6) is 0 Å². The molecule has 1 rings (SSSR count). The fourth-order valence-electron chi connectivity index (χ4n) is 1.10. The summed E-state index contributed by atoms with van der Waals surface area (Å²) in [7, 11) is 0. The van der Waals surface area contributed by atoms with Gasteiger partial charge in [0.1, 0.15) is 0 Å². The second-order valence-electron chi connectivity index (χ2n) is 2.48. The number of carboxylic acids is 1. The first kappa shape index (κ1) is 7.88. The van der Waals surface area contributed by atoms with Crippen LogP contribution in [-0.4, -0.2) is 29.1 Å². The first-order chi connectivity index (χ1) is 4.75. The molecule has 10 heavy (non-hydrogen) atoms. The molecular weight excluding hydrogens is 150 g/mol. The molecule has 2 atom stereocenters. The van der Waals surface area contributed by atoms with Gasteiger partial charge in [-0.15, -0.1) is 0 Å². The average Bonchev–Trinajstić information content (AvgIpc) is 2.33. The van der Waals surface area contributed by atoms with Gasteiger partial charge >= 0.3 is 5.97 Å². The lowest BCUT2D eigenvalue weighted by molar-refractivity contribution is -0.142. The minimum absolute atomic E-state index is 0.197. The summed E-state index contributed by atoms with van der Waals surface area (Å²) in [4.78, 5) is 10.5. The quantitative estimate of drug-likeness (QED) is 0.599. The maximum atomic E-state index is 10.5. The van der Waals surface area contributed by atoms with Crippen molar-refractivity contribution in [1.29, 1.82) is 0 Å². The van der Waals surface area contributed by atoms with Crippen molar-refractivity contribution in [3.05, 3.63) is 0 Å². The molecule has 0 aromatic rings. The van der Waals surface area contributed by atoms with E-state index in [1.807, 2.05) is 0 Å². The third kappa shape index (κ3) is 1.44. The van der Waals surface area contributed by atoms with Gasteiger partial charge in [-0.1, -0.05) is 0 Å². The molecule has 0 unspecified atom stereocenters. The van der Waals surface area contributed by atoms with Crippen LogP contribution in [0.2, 0.25) is 0 Å². The highest BCUT2D eigenvalue weighted by Gasteiger charge is 2.31. The van der Waals surface area contributed by atoms with Gasteiger partial charge in [0.25, 0.3) is 0 Å². The fourth-order valence-corrected chi connectivity index (χ4v) is 2.58. The molecule has 0 aliphatic carbocycles. The van der Waals surface area contributed by atoms with Gasteiger partial charge < -0.3 is 10.8 Å². The Bertz CT molecular complexity index is 140. The lowest BCUT2D eigenvalue weighted by Crippen LogP contribution is -2.27. The largest absolute Gasteiger partial charge is 0.481 e. The third-order valence-corrected chi connectivity index (χ3v) is 3.08. The summed E-state index contributed by atoms with van der Waals surface area (Å²) in [5, 5.41) is 8.65. The third-order valence-electron chi connectivity index (χ3n) is 1.82. The number of aliphatic carboxylic acids is 1. The van der Waals surface area contributed by atoms with Crippen LogP contribution < -0.4 is 5.73 Å². The van der Waals surface area contributed by atoms with Crippen molar-refractivity contribution in [3.8, 4) is 0 Å². The van der Waals surface area contributed by atoms with E-state index in [1.54, 1.807) is 11.8 Å². The van der Waals surface area contributed by atoms with Crippen LogP contribution in [-0.2, 0) is 4.79 Å². The topological polar surface area (TPSA) is 63.3 Å². The second kappa shape index (κ2) is 3.25. The Balaban J connectivity index is 2.50. The number of hydrogen-bond acceptors (Lipinski definition) is 3. The monoisotopic (exact) mass is 161 g/mol. The molecule has 58 valence electrons. The van der Waals surface area contributed by atoms with Crippen LogP contribution in [0, 0.1) is 11.8 Å². The van der Waals surface area contributed by atoms with Crippen molar-refractivity contribution in [1.82, 2.24) is 0 Å². The van der Waals surface area contributed by atoms with E-state index < -0.39 is 5.97 Å². The van der Waals surface area contributed by atoms with Crippen LogP contribution in [0.4, 0.5) is 0 Å². The number of hydrogen-bond donors (Lipinski definition) is 2. The summed E-state index contributed by atoms with van der Waals surface area (Å²) in [6.07, 6.45) is 0. The van der Waals surface area contributed by atoms with Crippen molar-refractivity contribution in [2.45, 2.75) is 0 Å². The molecule has 1 aliphatic rings. The number of carboxylic acid groups (broad SMARTS) is 1. The van der Waals surface area contributed by atoms with E-state index in [2.05, 4.69) is 0 Å². The molecule has 0 aromatic heterocycles. The summed E-state index contributed by atoms with van der Waals surface area (Å²) in [5.41, 5.74) is 5.39. The molecule has 0 spiro atoms. The van der Waals surface area contributed by atoms with Crippen LogP contribution >= 0.6 is 11.8 Å². The second-order valence-corrected chi connectivity index (χ2v) is 3.55. The maximum absolute atomic E-state index is 10.5. The Morgan fingerprint density at radius 2 is 2.40 bits per heavy atom. The Morgan fingerprint density at radius 3 is 2.80 bits per heavy atom. The predicted molar refractivity (Wildman–Crippen MR) is 41.0 cm³/mol. The van der Waals surface area contributed by atoms with E-state index in [1.165, 1.54) is 0 Å². The standard InChI is InChI=1S/C6H11NO2S/c7-1-4-2-10-3-5(4)6(8)9/h4-5H,1-3,7H2,(H,8,9)/t4-,5-/m1/s1. The molecule has 1 aliphatic heterocycles. The SMILES string of the molecule is NC[C@@H]1CSC[C@H]1C(=O)O. The Hall–Kier alpha value is -0.220. The van der Waals surface area contributed by atoms with E-state index in [0.29, 0.717) is 6.54 Å². The van der Waals surface area contributed by atoms with Crippen molar-refractivity contribution in [2.24, 2.45) is 17.6 Å². The van der Waals surface area contributed by atoms with E-state index in [4.69, 9.17) is 10.8 Å². The van der Waals surface area contributed by atoms with Gasteiger partial charge in [0.15, 0.2) is 0 Å². The normalized spacial score (nSPS) is 32.5. The van der Waals surface area contributed by atoms with Crippen LogP contribution in [0.25, 0.3) is 0 Å². The zero-order valence-corrected chi connectivity index (χ0v) is 6.43. The fraction of sp³-hybridized carbons (Fsp3) is 0.833. The molecule has 3 nitrogen and oxygen atoms in total. The lowest BCUT2D eigenvalue weighted by Gasteiger charge is -2.10. The summed E-state index contributed by atoms with van der Waals surface area (Å²) >= 11 is 1.68. The Morgan fingerprint density at radius 1 is 1.70 bits per heavy atom. The minimum atomic E-state index is -0.694. The van der Waals surface area contributed by atoms with E-state index >= 15 is 0 Å². The van der Waals surface area contributed by atoms with Crippen LogP contribution in [0.15, 0.2) is 0 Å². The summed E-state index contributed by atoms with van der Waals surface area (Å²) in [6.45, 7) is 0.504. The van der Waals surface area contributed by atoms with Crippen molar-refractivity contribution in [2.75, 3.05) is 18.1 Å². The molecule has 1 saturated heterocycles. The molecule has 0 saturated carbocycles. The van der Waals surface area contributed by atoms with Gasteiger partial charge in [0.2, 0.25) is 0 Å². The minimum Gasteiger partial charge on any atom is -0.481 e. The van der Waals surface area contributed by atoms with E-state index in [0.717, 1.165) is 11.5 Å². The van der Waals surface area contributed by atoms with E-state index in [9.17, 15) is 4.79 Å². The molecule has 0 radical (unpaired) electrons. The number of nitrogens with two attached hydrogens (primary N) is 1. The maximum Gasteiger partial charge on any atom is 0.307 e. The Labute approximate surface area is 64.0 Å². The highest BCUT2D eigenvalue weighted by Crippen LogP contribution is 2.28. The molecule has 0 amide bonds. The van der Waals surface area contributed by atoms with Crippen LogP contribution in [0.1, 0.15) is 0 Å². The van der Waals surface area contributed by atoms with Gasteiger partial charge in [-0.2, -0.15) is 11.8 Å². The average molecular weight is 161 g/mol. The predicted octanol–water partition coefficient (Wildman–Crippen LogP) is 0.00890. The molecule has 1 fully saturated rings. The Kier molecular flexibility index (Phi) is 2.56. The van der Waals surface area contributed by atoms with Gasteiger partial charge in [-0.3, -0.25) is 4.79 Å². The first-order valence-electron chi connectivity index (χ1n) is 3.26. The van der Waals surface area contributed by atoms with Crippen molar-refractivity contribution >= 4 is 17.7 Å². The molecular formula is C6H11NO2S. The van der Waals surface area contributed by atoms with Crippen LogP contribution in [0.3, 0.4) is 0 Å². The highest BCUT2D eigenvalue weighted by atomic mass is 32.2.